The summed E-state index contributed by atoms with van der Waals surface area (Å²) in [4.78, 5) is 0. The zero-order chi connectivity index (χ0) is 13.1. The quantitative estimate of drug-likeness (QED) is 0.738. The highest BCUT2D eigenvalue weighted by Crippen LogP contribution is 2.34. The van der Waals surface area contributed by atoms with E-state index in [0.717, 1.165) is 19.3 Å². The van der Waals surface area contributed by atoms with Crippen LogP contribution in [0.5, 0.6) is 0 Å². The Balaban J connectivity index is 2.54. The highest BCUT2D eigenvalue weighted by atomic mass is 16.3. The van der Waals surface area contributed by atoms with E-state index < -0.39 is 11.2 Å². The summed E-state index contributed by atoms with van der Waals surface area (Å²) < 4.78 is 0. The van der Waals surface area contributed by atoms with E-state index in [1.165, 1.54) is 5.57 Å². The Morgan fingerprint density at radius 2 is 2.00 bits per heavy atom. The predicted octanol–water partition coefficient (Wildman–Crippen LogP) is 3.20. The summed E-state index contributed by atoms with van der Waals surface area (Å²) in [6.45, 7) is 7.54. The summed E-state index contributed by atoms with van der Waals surface area (Å²) in [5, 5.41) is 20.0. The van der Waals surface area contributed by atoms with Gasteiger partial charge in [-0.1, -0.05) is 23.8 Å². The van der Waals surface area contributed by atoms with Gasteiger partial charge in [0.15, 0.2) is 0 Å². The third kappa shape index (κ3) is 5.05. The molecule has 2 heteroatoms. The van der Waals surface area contributed by atoms with Crippen molar-refractivity contribution in [1.29, 1.82) is 0 Å². The first-order valence-corrected chi connectivity index (χ1v) is 6.49. The summed E-state index contributed by atoms with van der Waals surface area (Å²) in [7, 11) is 0. The van der Waals surface area contributed by atoms with E-state index >= 15 is 0 Å². The lowest BCUT2D eigenvalue weighted by molar-refractivity contribution is -0.00295. The van der Waals surface area contributed by atoms with Crippen molar-refractivity contribution in [3.63, 3.8) is 0 Å². The molecule has 1 aliphatic carbocycles. The van der Waals surface area contributed by atoms with Gasteiger partial charge in [0.25, 0.3) is 0 Å². The van der Waals surface area contributed by atoms with Crippen molar-refractivity contribution in [2.24, 2.45) is 5.92 Å². The van der Waals surface area contributed by atoms with Crippen molar-refractivity contribution < 1.29 is 10.2 Å². The SMILES string of the molecule is CC1=CCC([C@](C)(O)C/C=C/C(C)(C)O)CC1. The van der Waals surface area contributed by atoms with Crippen LogP contribution in [0.15, 0.2) is 23.8 Å². The maximum atomic E-state index is 10.5. The summed E-state index contributed by atoms with van der Waals surface area (Å²) in [6.07, 6.45) is 9.62. The van der Waals surface area contributed by atoms with Crippen LogP contribution in [0.4, 0.5) is 0 Å². The molecule has 0 bridgehead atoms. The van der Waals surface area contributed by atoms with Gasteiger partial charge >= 0.3 is 0 Å². The van der Waals surface area contributed by atoms with Crippen LogP contribution >= 0.6 is 0 Å². The van der Waals surface area contributed by atoms with Gasteiger partial charge in [0.1, 0.15) is 0 Å². The molecule has 0 radical (unpaired) electrons. The Labute approximate surface area is 105 Å². The zero-order valence-electron chi connectivity index (χ0n) is 11.5. The lowest BCUT2D eigenvalue weighted by atomic mass is 9.77. The topological polar surface area (TPSA) is 40.5 Å². The molecule has 0 spiro atoms. The molecule has 98 valence electrons. The molecule has 17 heavy (non-hydrogen) atoms. The minimum absolute atomic E-state index is 0.331. The minimum Gasteiger partial charge on any atom is -0.390 e. The first-order valence-electron chi connectivity index (χ1n) is 6.49. The van der Waals surface area contributed by atoms with Crippen LogP contribution in [0.25, 0.3) is 0 Å². The molecule has 0 heterocycles. The Hall–Kier alpha value is -0.600. The molecule has 2 nitrogen and oxygen atoms in total. The molecule has 2 atom stereocenters. The first-order chi connectivity index (χ1) is 7.71. The van der Waals surface area contributed by atoms with Gasteiger partial charge in [0.05, 0.1) is 11.2 Å². The number of aliphatic hydroxyl groups is 2. The minimum atomic E-state index is -0.793. The fourth-order valence-electron chi connectivity index (χ4n) is 2.28. The summed E-state index contributed by atoms with van der Waals surface area (Å²) in [6, 6.07) is 0. The third-order valence-corrected chi connectivity index (χ3v) is 3.57. The van der Waals surface area contributed by atoms with E-state index in [-0.39, 0.29) is 0 Å². The van der Waals surface area contributed by atoms with Gasteiger partial charge in [-0.05, 0) is 59.3 Å². The second kappa shape index (κ2) is 5.36. The zero-order valence-corrected chi connectivity index (χ0v) is 11.5. The van der Waals surface area contributed by atoms with E-state index in [0.29, 0.717) is 12.3 Å². The molecule has 0 aliphatic heterocycles. The lowest BCUT2D eigenvalue weighted by Crippen LogP contribution is -2.35. The average Bonchev–Trinajstić information content (AvgIpc) is 2.15. The van der Waals surface area contributed by atoms with Gasteiger partial charge in [-0.3, -0.25) is 0 Å². The van der Waals surface area contributed by atoms with Crippen LogP contribution in [-0.4, -0.2) is 21.4 Å². The molecule has 1 unspecified atom stereocenters. The average molecular weight is 238 g/mol. The van der Waals surface area contributed by atoms with Crippen LogP contribution in [-0.2, 0) is 0 Å². The molecule has 0 amide bonds. The van der Waals surface area contributed by atoms with Crippen LogP contribution < -0.4 is 0 Å². The fourth-order valence-corrected chi connectivity index (χ4v) is 2.28. The lowest BCUT2D eigenvalue weighted by Gasteiger charge is -2.34. The van der Waals surface area contributed by atoms with Crippen LogP contribution in [0.3, 0.4) is 0 Å². The van der Waals surface area contributed by atoms with Gasteiger partial charge in [-0.25, -0.2) is 0 Å². The second-order valence-electron chi connectivity index (χ2n) is 6.14. The molecular formula is C15H26O2. The third-order valence-electron chi connectivity index (χ3n) is 3.57. The summed E-state index contributed by atoms with van der Waals surface area (Å²) in [5.41, 5.74) is -0.0259. The number of hydrogen-bond acceptors (Lipinski definition) is 2. The highest BCUT2D eigenvalue weighted by molar-refractivity contribution is 5.07. The highest BCUT2D eigenvalue weighted by Gasteiger charge is 2.31. The molecule has 0 saturated heterocycles. The molecule has 2 N–H and O–H groups in total. The van der Waals surface area contributed by atoms with Gasteiger partial charge in [-0.2, -0.15) is 0 Å². The van der Waals surface area contributed by atoms with Crippen LogP contribution in [0, 0.1) is 5.92 Å². The van der Waals surface area contributed by atoms with Gasteiger partial charge < -0.3 is 10.2 Å². The molecule has 0 aromatic rings. The monoisotopic (exact) mass is 238 g/mol. The standard InChI is InChI=1S/C15H26O2/c1-12-6-8-13(9-7-12)15(4,17)11-5-10-14(2,3)16/h5-6,10,13,16-17H,7-9,11H2,1-4H3/b10-5+/t13?,15-/m1/s1. The molecular weight excluding hydrogens is 212 g/mol. The largest absolute Gasteiger partial charge is 0.390 e. The van der Waals surface area contributed by atoms with Gasteiger partial charge in [0.2, 0.25) is 0 Å². The Morgan fingerprint density at radius 1 is 1.35 bits per heavy atom. The van der Waals surface area contributed by atoms with Gasteiger partial charge in [0, 0.05) is 0 Å². The van der Waals surface area contributed by atoms with E-state index in [4.69, 9.17) is 0 Å². The van der Waals surface area contributed by atoms with E-state index in [2.05, 4.69) is 13.0 Å². The van der Waals surface area contributed by atoms with Crippen molar-refractivity contribution in [1.82, 2.24) is 0 Å². The number of rotatable bonds is 4. The van der Waals surface area contributed by atoms with Crippen molar-refractivity contribution in [2.75, 3.05) is 0 Å². The van der Waals surface area contributed by atoms with Crippen LogP contribution in [0.1, 0.15) is 53.4 Å². The first kappa shape index (κ1) is 14.5. The Kier molecular flexibility index (Phi) is 4.56. The Bertz CT molecular complexity index is 305. The molecule has 1 rings (SSSR count). The number of hydrogen-bond donors (Lipinski definition) is 2. The van der Waals surface area contributed by atoms with E-state index in [1.54, 1.807) is 19.9 Å². The molecule has 0 aromatic heterocycles. The van der Waals surface area contributed by atoms with E-state index in [9.17, 15) is 10.2 Å². The summed E-state index contributed by atoms with van der Waals surface area (Å²) in [5.74, 6) is 0.331. The van der Waals surface area contributed by atoms with Crippen LogP contribution in [0.2, 0.25) is 0 Å². The maximum absolute atomic E-state index is 10.5. The fraction of sp³-hybridized carbons (Fsp3) is 0.733. The summed E-state index contributed by atoms with van der Waals surface area (Å²) >= 11 is 0. The normalized spacial score (nSPS) is 25.8. The molecule has 0 fully saturated rings. The smallest absolute Gasteiger partial charge is 0.0771 e. The maximum Gasteiger partial charge on any atom is 0.0771 e. The molecule has 0 aromatic carbocycles. The Morgan fingerprint density at radius 3 is 2.47 bits per heavy atom. The van der Waals surface area contributed by atoms with Gasteiger partial charge in [-0.15, -0.1) is 0 Å². The van der Waals surface area contributed by atoms with Crippen molar-refractivity contribution in [3.05, 3.63) is 23.8 Å². The molecule has 1 aliphatic rings. The second-order valence-corrected chi connectivity index (χ2v) is 6.14. The predicted molar refractivity (Wildman–Crippen MR) is 71.8 cm³/mol. The van der Waals surface area contributed by atoms with Crippen molar-refractivity contribution >= 4 is 0 Å². The van der Waals surface area contributed by atoms with E-state index in [1.807, 2.05) is 13.0 Å². The van der Waals surface area contributed by atoms with Crippen molar-refractivity contribution in [2.45, 2.75) is 64.6 Å². The molecule has 0 saturated carbocycles. The number of allylic oxidation sites excluding steroid dienone is 2. The van der Waals surface area contributed by atoms with Crippen molar-refractivity contribution in [3.8, 4) is 0 Å².